The highest BCUT2D eigenvalue weighted by molar-refractivity contribution is 6.22. The molecule has 1 aliphatic heterocycles. The molecule has 0 saturated carbocycles. The van der Waals surface area contributed by atoms with Gasteiger partial charge in [0.25, 0.3) is 5.91 Å². The van der Waals surface area contributed by atoms with Crippen molar-refractivity contribution in [2.45, 2.75) is 25.9 Å². The molecule has 3 amide bonds. The van der Waals surface area contributed by atoms with Gasteiger partial charge in [0.2, 0.25) is 11.8 Å². The van der Waals surface area contributed by atoms with Crippen LogP contribution in [0.3, 0.4) is 0 Å². The minimum absolute atomic E-state index is 0.0140. The molecule has 0 unspecified atom stereocenters. The Hall–Kier alpha value is -2.95. The van der Waals surface area contributed by atoms with Gasteiger partial charge in [0.1, 0.15) is 6.04 Å². The standard InChI is InChI=1S/C19H18N2O3/c1-14(22)20(13-15-8-4-2-5-9-15)17-12-18(23)21(19(17)24)16-10-6-3-7-11-16/h2-11,17H,12-13H2,1H3/t17-/m0/s1. The molecule has 122 valence electrons. The molecule has 2 aromatic carbocycles. The summed E-state index contributed by atoms with van der Waals surface area (Å²) in [5.74, 6) is -0.854. The summed E-state index contributed by atoms with van der Waals surface area (Å²) >= 11 is 0. The van der Waals surface area contributed by atoms with Crippen LogP contribution in [-0.4, -0.2) is 28.7 Å². The molecule has 0 radical (unpaired) electrons. The summed E-state index contributed by atoms with van der Waals surface area (Å²) < 4.78 is 0. The van der Waals surface area contributed by atoms with E-state index < -0.39 is 6.04 Å². The molecule has 2 aromatic rings. The number of hydrogen-bond donors (Lipinski definition) is 0. The summed E-state index contributed by atoms with van der Waals surface area (Å²) in [7, 11) is 0. The molecule has 1 fully saturated rings. The Morgan fingerprint density at radius 3 is 2.21 bits per heavy atom. The van der Waals surface area contributed by atoms with Gasteiger partial charge < -0.3 is 4.90 Å². The third-order valence-electron chi connectivity index (χ3n) is 4.11. The Morgan fingerprint density at radius 1 is 1.04 bits per heavy atom. The molecule has 0 spiro atoms. The van der Waals surface area contributed by atoms with Crippen LogP contribution in [0, 0.1) is 0 Å². The number of imide groups is 1. The molecular formula is C19H18N2O3. The molecule has 3 rings (SSSR count). The lowest BCUT2D eigenvalue weighted by atomic mass is 10.1. The quantitative estimate of drug-likeness (QED) is 0.812. The van der Waals surface area contributed by atoms with Crippen LogP contribution >= 0.6 is 0 Å². The first kappa shape index (κ1) is 15.9. The number of carbonyl (C=O) groups is 3. The van der Waals surface area contributed by atoms with Gasteiger partial charge in [-0.05, 0) is 17.7 Å². The van der Waals surface area contributed by atoms with Crippen LogP contribution in [-0.2, 0) is 20.9 Å². The normalized spacial score (nSPS) is 17.2. The maximum atomic E-state index is 12.8. The molecule has 5 heteroatoms. The van der Waals surface area contributed by atoms with Gasteiger partial charge in [0, 0.05) is 13.5 Å². The summed E-state index contributed by atoms with van der Waals surface area (Å²) in [6.07, 6.45) is 0.0140. The zero-order chi connectivity index (χ0) is 17.1. The van der Waals surface area contributed by atoms with Gasteiger partial charge in [0.05, 0.1) is 12.1 Å². The van der Waals surface area contributed by atoms with Crippen LogP contribution in [0.1, 0.15) is 18.9 Å². The largest absolute Gasteiger partial charge is 0.326 e. The van der Waals surface area contributed by atoms with E-state index in [1.165, 1.54) is 16.7 Å². The van der Waals surface area contributed by atoms with Crippen molar-refractivity contribution in [3.05, 3.63) is 66.2 Å². The van der Waals surface area contributed by atoms with E-state index in [4.69, 9.17) is 0 Å². The topological polar surface area (TPSA) is 57.7 Å². The highest BCUT2D eigenvalue weighted by atomic mass is 16.2. The second-order valence-corrected chi connectivity index (χ2v) is 5.76. The lowest BCUT2D eigenvalue weighted by molar-refractivity contribution is -0.137. The Bertz CT molecular complexity index is 759. The second-order valence-electron chi connectivity index (χ2n) is 5.76. The minimum atomic E-state index is -0.754. The van der Waals surface area contributed by atoms with Crippen LogP contribution in [0.15, 0.2) is 60.7 Å². The van der Waals surface area contributed by atoms with Gasteiger partial charge in [-0.1, -0.05) is 48.5 Å². The lowest BCUT2D eigenvalue weighted by Crippen LogP contribution is -2.44. The molecule has 0 aromatic heterocycles. The molecule has 1 heterocycles. The van der Waals surface area contributed by atoms with Crippen LogP contribution in [0.2, 0.25) is 0 Å². The number of carbonyl (C=O) groups excluding carboxylic acids is 3. The molecule has 0 N–H and O–H groups in total. The molecule has 1 aliphatic rings. The van der Waals surface area contributed by atoms with Crippen molar-refractivity contribution in [2.75, 3.05) is 4.90 Å². The van der Waals surface area contributed by atoms with E-state index in [1.54, 1.807) is 24.3 Å². The maximum absolute atomic E-state index is 12.8. The third kappa shape index (κ3) is 3.06. The van der Waals surface area contributed by atoms with Gasteiger partial charge in [0.15, 0.2) is 0 Å². The number of amides is 3. The first-order chi connectivity index (χ1) is 11.6. The monoisotopic (exact) mass is 322 g/mol. The maximum Gasteiger partial charge on any atom is 0.257 e. The van der Waals surface area contributed by atoms with E-state index in [1.807, 2.05) is 36.4 Å². The van der Waals surface area contributed by atoms with Crippen LogP contribution < -0.4 is 4.90 Å². The van der Waals surface area contributed by atoms with Crippen LogP contribution in [0.4, 0.5) is 5.69 Å². The number of rotatable bonds is 4. The van der Waals surface area contributed by atoms with Gasteiger partial charge in [-0.2, -0.15) is 0 Å². The highest BCUT2D eigenvalue weighted by Gasteiger charge is 2.43. The van der Waals surface area contributed by atoms with E-state index in [2.05, 4.69) is 0 Å². The SMILES string of the molecule is CC(=O)N(Cc1ccccc1)[C@H]1CC(=O)N(c2ccccc2)C1=O. The van der Waals surface area contributed by atoms with Gasteiger partial charge in [-0.25, -0.2) is 4.90 Å². The lowest BCUT2D eigenvalue weighted by Gasteiger charge is -2.26. The van der Waals surface area contributed by atoms with E-state index >= 15 is 0 Å². The summed E-state index contributed by atoms with van der Waals surface area (Å²) in [5.41, 5.74) is 1.46. The van der Waals surface area contributed by atoms with Crippen LogP contribution in [0.25, 0.3) is 0 Å². The molecule has 1 saturated heterocycles. The Morgan fingerprint density at radius 2 is 1.62 bits per heavy atom. The molecule has 1 atom stereocenters. The van der Waals surface area contributed by atoms with Crippen molar-refractivity contribution in [2.24, 2.45) is 0 Å². The Kier molecular flexibility index (Phi) is 4.42. The number of anilines is 1. The fourth-order valence-corrected chi connectivity index (χ4v) is 2.93. The highest BCUT2D eigenvalue weighted by Crippen LogP contribution is 2.26. The number of para-hydroxylation sites is 1. The summed E-state index contributed by atoms with van der Waals surface area (Å²) in [6, 6.07) is 17.5. The predicted octanol–water partition coefficient (Wildman–Crippen LogP) is 2.37. The summed E-state index contributed by atoms with van der Waals surface area (Å²) in [6.45, 7) is 1.73. The first-order valence-electron chi connectivity index (χ1n) is 7.81. The zero-order valence-corrected chi connectivity index (χ0v) is 13.4. The zero-order valence-electron chi connectivity index (χ0n) is 13.4. The Labute approximate surface area is 140 Å². The van der Waals surface area contributed by atoms with E-state index in [-0.39, 0.29) is 24.1 Å². The van der Waals surface area contributed by atoms with Crippen molar-refractivity contribution >= 4 is 23.4 Å². The molecule has 5 nitrogen and oxygen atoms in total. The number of hydrogen-bond acceptors (Lipinski definition) is 3. The van der Waals surface area contributed by atoms with Crippen molar-refractivity contribution in [3.8, 4) is 0 Å². The minimum Gasteiger partial charge on any atom is -0.326 e. The van der Waals surface area contributed by atoms with Crippen LogP contribution in [0.5, 0.6) is 0 Å². The average molecular weight is 322 g/mol. The number of benzene rings is 2. The van der Waals surface area contributed by atoms with Gasteiger partial charge in [-0.3, -0.25) is 14.4 Å². The van der Waals surface area contributed by atoms with Gasteiger partial charge in [-0.15, -0.1) is 0 Å². The van der Waals surface area contributed by atoms with Crippen molar-refractivity contribution in [1.29, 1.82) is 0 Å². The van der Waals surface area contributed by atoms with E-state index in [9.17, 15) is 14.4 Å². The molecular weight excluding hydrogens is 304 g/mol. The number of nitrogens with zero attached hydrogens (tertiary/aromatic N) is 2. The summed E-state index contributed by atoms with van der Waals surface area (Å²) in [4.78, 5) is 39.8. The van der Waals surface area contributed by atoms with E-state index in [0.717, 1.165) is 5.56 Å². The fraction of sp³-hybridized carbons (Fsp3) is 0.211. The Balaban J connectivity index is 1.86. The average Bonchev–Trinajstić information content (AvgIpc) is 2.88. The van der Waals surface area contributed by atoms with Gasteiger partial charge >= 0.3 is 0 Å². The summed E-state index contributed by atoms with van der Waals surface area (Å²) in [5, 5.41) is 0. The second kappa shape index (κ2) is 6.66. The first-order valence-corrected chi connectivity index (χ1v) is 7.81. The smallest absolute Gasteiger partial charge is 0.257 e. The molecule has 0 aliphatic carbocycles. The van der Waals surface area contributed by atoms with Crippen molar-refractivity contribution < 1.29 is 14.4 Å². The van der Waals surface area contributed by atoms with E-state index in [0.29, 0.717) is 12.2 Å². The third-order valence-corrected chi connectivity index (χ3v) is 4.11. The predicted molar refractivity (Wildman–Crippen MR) is 90.0 cm³/mol. The van der Waals surface area contributed by atoms with Crippen molar-refractivity contribution in [3.63, 3.8) is 0 Å². The fourth-order valence-electron chi connectivity index (χ4n) is 2.93. The van der Waals surface area contributed by atoms with Crippen molar-refractivity contribution in [1.82, 2.24) is 4.90 Å². The molecule has 24 heavy (non-hydrogen) atoms. The molecule has 0 bridgehead atoms.